The molecule has 10 heteroatoms. The van der Waals surface area contributed by atoms with Crippen LogP contribution in [-0.4, -0.2) is 39.0 Å². The van der Waals surface area contributed by atoms with Crippen LogP contribution in [0.25, 0.3) is 0 Å². The number of hydrogen-bond donors (Lipinski definition) is 0. The van der Waals surface area contributed by atoms with Crippen LogP contribution in [0.4, 0.5) is 5.69 Å². The molecule has 1 aromatic heterocycles. The van der Waals surface area contributed by atoms with Crippen LogP contribution in [0.1, 0.15) is 32.8 Å². The number of ketones is 2. The summed E-state index contributed by atoms with van der Waals surface area (Å²) in [5.74, 6) is 0.432. The normalized spacial score (nSPS) is 16.3. The molecule has 43 heavy (non-hydrogen) atoms. The summed E-state index contributed by atoms with van der Waals surface area (Å²) in [5, 5.41) is 8.65. The predicted molar refractivity (Wildman–Crippen MR) is 159 cm³/mol. The first-order valence-electron chi connectivity index (χ1n) is 13.4. The van der Waals surface area contributed by atoms with E-state index in [4.69, 9.17) is 16.3 Å². The summed E-state index contributed by atoms with van der Waals surface area (Å²) in [6.07, 6.45) is 23.4. The topological polar surface area (TPSA) is 94.4 Å². The SMILES string of the molecule is O=C(/C=C/[C]1[CH][CH][CH][CH]1)c1ccc(OCc2cn(CCCN3C(=O)C(=O)c4cc(Cl)ccc43)nn2)cc1.[CH]1[CH][CH][CH][CH]1.[Fe+2]. The van der Waals surface area contributed by atoms with Crippen LogP contribution in [0.15, 0.2) is 60.8 Å². The van der Waals surface area contributed by atoms with Gasteiger partial charge in [0, 0.05) is 29.6 Å². The minimum Gasteiger partial charge on any atom is -0.487 e. The number of ether oxygens (including phenoxy) is 1. The van der Waals surface area contributed by atoms with Crippen LogP contribution in [0.3, 0.4) is 0 Å². The number of anilines is 1. The van der Waals surface area contributed by atoms with Gasteiger partial charge >= 0.3 is 17.1 Å². The molecule has 1 aliphatic heterocycles. The second-order valence-electron chi connectivity index (χ2n) is 9.47. The van der Waals surface area contributed by atoms with Gasteiger partial charge in [0.25, 0.3) is 11.7 Å². The summed E-state index contributed by atoms with van der Waals surface area (Å²) in [7, 11) is 0. The van der Waals surface area contributed by atoms with Gasteiger partial charge in [-0.15, -0.1) is 5.10 Å². The molecule has 2 heterocycles. The minimum absolute atomic E-state index is 0. The number of nitrogens with zero attached hydrogens (tertiary/aromatic N) is 4. The second kappa shape index (κ2) is 16.0. The van der Waals surface area contributed by atoms with Crippen molar-refractivity contribution in [2.75, 3.05) is 11.4 Å². The average Bonchev–Trinajstić information content (AvgIpc) is 3.83. The predicted octanol–water partition coefficient (Wildman–Crippen LogP) is 5.29. The Morgan fingerprint density at radius 1 is 0.907 bits per heavy atom. The Balaban J connectivity index is 0.000000641. The second-order valence-corrected chi connectivity index (χ2v) is 9.90. The van der Waals surface area contributed by atoms with E-state index in [0.717, 1.165) is 5.92 Å². The molecule has 0 spiro atoms. The third-order valence-corrected chi connectivity index (χ3v) is 6.72. The maximum absolute atomic E-state index is 12.3. The Kier molecular flexibility index (Phi) is 12.1. The molecular weight excluding hydrogens is 608 g/mol. The smallest absolute Gasteiger partial charge is 0.487 e. The maximum atomic E-state index is 12.3. The van der Waals surface area contributed by atoms with E-state index in [1.165, 1.54) is 11.0 Å². The van der Waals surface area contributed by atoms with Crippen LogP contribution in [-0.2, 0) is 35.0 Å². The zero-order valence-electron chi connectivity index (χ0n) is 23.0. The summed E-state index contributed by atoms with van der Waals surface area (Å²) in [6.45, 7) is 1.11. The van der Waals surface area contributed by atoms with Crippen molar-refractivity contribution in [3.8, 4) is 5.75 Å². The number of aromatic nitrogens is 3. The Hall–Kier alpha value is -3.26. The summed E-state index contributed by atoms with van der Waals surface area (Å²) in [6, 6.07) is 11.8. The van der Waals surface area contributed by atoms with Gasteiger partial charge in [0.05, 0.1) is 17.4 Å². The summed E-state index contributed by atoms with van der Waals surface area (Å²) < 4.78 is 7.44. The molecule has 10 radical (unpaired) electrons. The molecule has 0 atom stereocenters. The van der Waals surface area contributed by atoms with E-state index < -0.39 is 11.7 Å². The van der Waals surface area contributed by atoms with Crippen molar-refractivity contribution in [3.63, 3.8) is 0 Å². The van der Waals surface area contributed by atoms with E-state index in [9.17, 15) is 14.4 Å². The molecule has 0 N–H and O–H groups in total. The Bertz CT molecular complexity index is 1420. The number of amides is 1. The number of fused-ring (bicyclic) bond motifs is 1. The van der Waals surface area contributed by atoms with Gasteiger partial charge in [-0.2, -0.15) is 0 Å². The third-order valence-electron chi connectivity index (χ3n) is 6.49. The first-order chi connectivity index (χ1) is 20.5. The van der Waals surface area contributed by atoms with Gasteiger partial charge in [-0.25, -0.2) is 0 Å². The van der Waals surface area contributed by atoms with Crippen molar-refractivity contribution >= 4 is 34.8 Å². The van der Waals surface area contributed by atoms with E-state index in [1.807, 2.05) is 57.8 Å². The molecule has 2 aromatic carbocycles. The number of carbonyl (C=O) groups is 3. The third kappa shape index (κ3) is 8.88. The van der Waals surface area contributed by atoms with E-state index in [2.05, 4.69) is 10.3 Å². The van der Waals surface area contributed by atoms with E-state index in [0.29, 0.717) is 52.8 Å². The van der Waals surface area contributed by atoms with Crippen LogP contribution >= 0.6 is 11.6 Å². The fourth-order valence-electron chi connectivity index (χ4n) is 4.36. The van der Waals surface area contributed by atoms with Gasteiger partial charge in [0.15, 0.2) is 5.78 Å². The van der Waals surface area contributed by atoms with Crippen molar-refractivity contribution < 1.29 is 36.2 Å². The molecule has 0 saturated heterocycles. The Labute approximate surface area is 268 Å². The first kappa shape index (κ1) is 32.6. The van der Waals surface area contributed by atoms with Crippen LogP contribution in [0, 0.1) is 63.7 Å². The van der Waals surface area contributed by atoms with Crippen molar-refractivity contribution in [2.45, 2.75) is 19.6 Å². The van der Waals surface area contributed by atoms with Gasteiger partial charge in [-0.05, 0) is 113 Å². The van der Waals surface area contributed by atoms with E-state index >= 15 is 0 Å². The standard InChI is InChI=1S/C28H22ClN4O4.C5H5.Fe/c29-21-9-12-25-24(16-21)27(35)28(36)33(25)15-3-14-32-17-22(30-31-32)18-37-23-10-7-20(8-11-23)26(34)13-6-19-4-1-2-5-19;1-2-4-5-3-1;/h1-2,4-13,16-17H,3,14-15,18H2;1-5H;/q;;+2/b13-6+;;. The minimum atomic E-state index is -0.546. The number of benzene rings is 2. The van der Waals surface area contributed by atoms with Gasteiger partial charge in [0.2, 0.25) is 0 Å². The number of rotatable bonds is 10. The maximum Gasteiger partial charge on any atom is 2.00 e. The van der Waals surface area contributed by atoms with Crippen LogP contribution < -0.4 is 9.64 Å². The fraction of sp³-hybridized carbons (Fsp3) is 0.121. The quantitative estimate of drug-likeness (QED) is 0.130. The molecule has 2 saturated carbocycles. The van der Waals surface area contributed by atoms with Crippen LogP contribution in [0.2, 0.25) is 5.02 Å². The Morgan fingerprint density at radius 2 is 1.60 bits per heavy atom. The Morgan fingerprint density at radius 3 is 2.30 bits per heavy atom. The number of halogens is 1. The van der Waals surface area contributed by atoms with E-state index in [1.54, 1.807) is 59.4 Å². The molecule has 2 fully saturated rings. The van der Waals surface area contributed by atoms with Crippen molar-refractivity contribution in [1.29, 1.82) is 0 Å². The average molecular weight is 635 g/mol. The molecule has 2 aliphatic carbocycles. The number of aryl methyl sites for hydroxylation is 1. The number of Topliss-reactive ketones (excluding diaryl/α,β-unsaturated/α-hetero) is 1. The van der Waals surface area contributed by atoms with Crippen molar-refractivity contribution in [3.05, 3.63) is 146 Å². The van der Waals surface area contributed by atoms with E-state index in [-0.39, 0.29) is 29.5 Å². The largest absolute Gasteiger partial charge is 2.00 e. The molecule has 3 aromatic rings. The summed E-state index contributed by atoms with van der Waals surface area (Å²) in [4.78, 5) is 38.3. The number of carbonyl (C=O) groups excluding carboxylic acids is 3. The van der Waals surface area contributed by atoms with Gasteiger partial charge in [-0.1, -0.05) is 22.9 Å². The zero-order valence-corrected chi connectivity index (χ0v) is 24.8. The molecule has 0 bridgehead atoms. The molecule has 1 amide bonds. The van der Waals surface area contributed by atoms with Gasteiger partial charge in [0.1, 0.15) is 18.1 Å². The van der Waals surface area contributed by atoms with Crippen LogP contribution in [0.5, 0.6) is 5.75 Å². The molecule has 3 aliphatic rings. The number of hydrogen-bond acceptors (Lipinski definition) is 6. The summed E-state index contributed by atoms with van der Waals surface area (Å²) >= 11 is 5.96. The summed E-state index contributed by atoms with van der Waals surface area (Å²) in [5.41, 5.74) is 2.14. The molecule has 6 rings (SSSR count). The molecule has 216 valence electrons. The molecule has 8 nitrogen and oxygen atoms in total. The first-order valence-corrected chi connectivity index (χ1v) is 13.7. The molecule has 0 unspecified atom stereocenters. The fourth-order valence-corrected chi connectivity index (χ4v) is 4.53. The monoisotopic (exact) mass is 634 g/mol. The zero-order chi connectivity index (χ0) is 29.3. The van der Waals surface area contributed by atoms with Gasteiger partial charge in [-0.3, -0.25) is 19.1 Å². The molecular formula is C33H27ClFeN4O4+2. The number of allylic oxidation sites excluding steroid dienone is 2. The van der Waals surface area contributed by atoms with Crippen molar-refractivity contribution in [1.82, 2.24) is 15.0 Å². The van der Waals surface area contributed by atoms with Gasteiger partial charge < -0.3 is 9.64 Å². The van der Waals surface area contributed by atoms with Crippen molar-refractivity contribution in [2.24, 2.45) is 0 Å².